The van der Waals surface area contributed by atoms with Crippen LogP contribution < -0.4 is 14.8 Å². The number of carbonyl (C=O) groups excluding carboxylic acids is 1. The van der Waals surface area contributed by atoms with Crippen molar-refractivity contribution in [1.82, 2.24) is 0 Å². The Bertz CT molecular complexity index is 707. The fourth-order valence-corrected chi connectivity index (χ4v) is 3.14. The van der Waals surface area contributed by atoms with Crippen molar-refractivity contribution in [2.75, 3.05) is 19.5 Å². The van der Waals surface area contributed by atoms with Crippen molar-refractivity contribution in [3.63, 3.8) is 0 Å². The van der Waals surface area contributed by atoms with E-state index in [0.717, 1.165) is 42.0 Å². The van der Waals surface area contributed by atoms with Gasteiger partial charge in [0.05, 0.1) is 19.6 Å². The van der Waals surface area contributed by atoms with Crippen LogP contribution in [0.5, 0.6) is 11.5 Å². The molecule has 23 heavy (non-hydrogen) atoms. The van der Waals surface area contributed by atoms with Crippen molar-refractivity contribution in [2.24, 2.45) is 0 Å². The molecule has 3 rings (SSSR count). The molecule has 0 bridgehead atoms. The lowest BCUT2D eigenvalue weighted by atomic mass is 9.63. The molecule has 0 unspecified atom stereocenters. The third-order valence-corrected chi connectivity index (χ3v) is 4.59. The molecule has 4 heteroatoms. The molecular formula is C19H21NO3. The lowest BCUT2D eigenvalue weighted by Crippen LogP contribution is -2.46. The van der Waals surface area contributed by atoms with E-state index >= 15 is 0 Å². The highest BCUT2D eigenvalue weighted by Crippen LogP contribution is 2.47. The van der Waals surface area contributed by atoms with Gasteiger partial charge in [-0.25, -0.2) is 0 Å². The maximum atomic E-state index is 13.0. The molecule has 1 fully saturated rings. The summed E-state index contributed by atoms with van der Waals surface area (Å²) < 4.78 is 10.7. The van der Waals surface area contributed by atoms with Crippen LogP contribution in [0.1, 0.15) is 24.8 Å². The number of amides is 1. The van der Waals surface area contributed by atoms with E-state index in [1.807, 2.05) is 48.5 Å². The summed E-state index contributed by atoms with van der Waals surface area (Å²) in [7, 11) is 3.26. The van der Waals surface area contributed by atoms with Crippen LogP contribution in [0.2, 0.25) is 0 Å². The average molecular weight is 311 g/mol. The van der Waals surface area contributed by atoms with Gasteiger partial charge in [0.25, 0.3) is 0 Å². The predicted molar refractivity (Wildman–Crippen MR) is 90.1 cm³/mol. The summed E-state index contributed by atoms with van der Waals surface area (Å²) in [6.45, 7) is 0. The van der Waals surface area contributed by atoms with Gasteiger partial charge in [0.15, 0.2) is 0 Å². The fourth-order valence-electron chi connectivity index (χ4n) is 3.14. The zero-order valence-corrected chi connectivity index (χ0v) is 13.5. The number of carbonyl (C=O) groups is 1. The zero-order valence-electron chi connectivity index (χ0n) is 13.5. The lowest BCUT2D eigenvalue weighted by Gasteiger charge is -2.41. The second-order valence-corrected chi connectivity index (χ2v) is 5.82. The molecule has 0 atom stereocenters. The molecule has 2 aromatic carbocycles. The van der Waals surface area contributed by atoms with Gasteiger partial charge < -0.3 is 14.8 Å². The summed E-state index contributed by atoms with van der Waals surface area (Å²) in [6.07, 6.45) is 2.72. The minimum atomic E-state index is -0.504. The molecule has 120 valence electrons. The van der Waals surface area contributed by atoms with Crippen LogP contribution >= 0.6 is 0 Å². The van der Waals surface area contributed by atoms with Crippen LogP contribution in [0, 0.1) is 0 Å². The SMILES string of the molecule is COc1cccc(NC(=O)C2(c3ccccc3OC)CCC2)c1. The number of ether oxygens (including phenoxy) is 2. The van der Waals surface area contributed by atoms with Crippen molar-refractivity contribution in [3.05, 3.63) is 54.1 Å². The Morgan fingerprint density at radius 1 is 1.04 bits per heavy atom. The normalized spacial score (nSPS) is 15.4. The molecule has 1 aliphatic carbocycles. The first-order valence-corrected chi connectivity index (χ1v) is 7.78. The van der Waals surface area contributed by atoms with E-state index in [1.165, 1.54) is 0 Å². The fraction of sp³-hybridized carbons (Fsp3) is 0.316. The molecule has 1 saturated carbocycles. The summed E-state index contributed by atoms with van der Waals surface area (Å²) >= 11 is 0. The van der Waals surface area contributed by atoms with E-state index in [-0.39, 0.29) is 5.91 Å². The number of hydrogen-bond donors (Lipinski definition) is 1. The van der Waals surface area contributed by atoms with E-state index in [2.05, 4.69) is 5.32 Å². The molecule has 2 aromatic rings. The summed E-state index contributed by atoms with van der Waals surface area (Å²) in [4.78, 5) is 13.0. The van der Waals surface area contributed by atoms with E-state index < -0.39 is 5.41 Å². The maximum absolute atomic E-state index is 13.0. The smallest absolute Gasteiger partial charge is 0.235 e. The second-order valence-electron chi connectivity index (χ2n) is 5.82. The number of para-hydroxylation sites is 1. The lowest BCUT2D eigenvalue weighted by molar-refractivity contribution is -0.124. The number of benzene rings is 2. The number of methoxy groups -OCH3 is 2. The number of hydrogen-bond acceptors (Lipinski definition) is 3. The Balaban J connectivity index is 1.89. The molecule has 0 saturated heterocycles. The summed E-state index contributed by atoms with van der Waals surface area (Å²) in [5.41, 5.74) is 1.21. The van der Waals surface area contributed by atoms with Crippen molar-refractivity contribution in [2.45, 2.75) is 24.7 Å². The molecule has 1 N–H and O–H groups in total. The Morgan fingerprint density at radius 3 is 2.48 bits per heavy atom. The van der Waals surface area contributed by atoms with Crippen LogP contribution in [0.3, 0.4) is 0 Å². The van der Waals surface area contributed by atoms with Crippen molar-refractivity contribution < 1.29 is 14.3 Å². The molecule has 0 aliphatic heterocycles. The topological polar surface area (TPSA) is 47.6 Å². The quantitative estimate of drug-likeness (QED) is 0.914. The highest BCUT2D eigenvalue weighted by Gasteiger charge is 2.47. The Hall–Kier alpha value is -2.49. The zero-order chi connectivity index (χ0) is 16.3. The molecule has 0 radical (unpaired) electrons. The molecule has 1 amide bonds. The largest absolute Gasteiger partial charge is 0.497 e. The van der Waals surface area contributed by atoms with Gasteiger partial charge >= 0.3 is 0 Å². The van der Waals surface area contributed by atoms with E-state index in [0.29, 0.717) is 0 Å². The molecule has 0 aromatic heterocycles. The van der Waals surface area contributed by atoms with E-state index in [4.69, 9.17) is 9.47 Å². The van der Waals surface area contributed by atoms with Gasteiger partial charge in [-0.05, 0) is 31.0 Å². The van der Waals surface area contributed by atoms with Crippen molar-refractivity contribution in [1.29, 1.82) is 0 Å². The van der Waals surface area contributed by atoms with Gasteiger partial charge in [-0.3, -0.25) is 4.79 Å². The van der Waals surface area contributed by atoms with Crippen LogP contribution in [-0.4, -0.2) is 20.1 Å². The average Bonchev–Trinajstić information content (AvgIpc) is 2.54. The molecule has 0 spiro atoms. The Kier molecular flexibility index (Phi) is 4.24. The minimum Gasteiger partial charge on any atom is -0.497 e. The first-order valence-electron chi connectivity index (χ1n) is 7.78. The highest BCUT2D eigenvalue weighted by molar-refractivity contribution is 6.00. The summed E-state index contributed by atoms with van der Waals surface area (Å²) in [6, 6.07) is 15.2. The van der Waals surface area contributed by atoms with E-state index in [1.54, 1.807) is 14.2 Å². The van der Waals surface area contributed by atoms with Gasteiger partial charge in [-0.15, -0.1) is 0 Å². The third-order valence-electron chi connectivity index (χ3n) is 4.59. The van der Waals surface area contributed by atoms with Crippen LogP contribution in [0.4, 0.5) is 5.69 Å². The number of nitrogens with one attached hydrogen (secondary N) is 1. The van der Waals surface area contributed by atoms with Gasteiger partial charge in [-0.1, -0.05) is 30.7 Å². The number of anilines is 1. The summed E-state index contributed by atoms with van der Waals surface area (Å²) in [5.74, 6) is 1.51. The second kappa shape index (κ2) is 6.32. The molecule has 4 nitrogen and oxygen atoms in total. The van der Waals surface area contributed by atoms with Crippen LogP contribution in [0.25, 0.3) is 0 Å². The maximum Gasteiger partial charge on any atom is 0.235 e. The highest BCUT2D eigenvalue weighted by atomic mass is 16.5. The van der Waals surface area contributed by atoms with Gasteiger partial charge in [0, 0.05) is 17.3 Å². The minimum absolute atomic E-state index is 0.0153. The van der Waals surface area contributed by atoms with Crippen LogP contribution in [-0.2, 0) is 10.2 Å². The van der Waals surface area contributed by atoms with E-state index in [9.17, 15) is 4.79 Å². The first kappa shape index (κ1) is 15.4. The molecule has 0 heterocycles. The predicted octanol–water partition coefficient (Wildman–Crippen LogP) is 3.76. The van der Waals surface area contributed by atoms with Gasteiger partial charge in [0.1, 0.15) is 11.5 Å². The first-order chi connectivity index (χ1) is 11.2. The van der Waals surface area contributed by atoms with Crippen LogP contribution in [0.15, 0.2) is 48.5 Å². The molecular weight excluding hydrogens is 290 g/mol. The Labute approximate surface area is 136 Å². The van der Waals surface area contributed by atoms with Gasteiger partial charge in [-0.2, -0.15) is 0 Å². The standard InChI is InChI=1S/C19H21NO3/c1-22-15-8-5-7-14(13-15)20-18(21)19(11-6-12-19)16-9-3-4-10-17(16)23-2/h3-5,7-10,13H,6,11-12H2,1-2H3,(H,20,21). The Morgan fingerprint density at radius 2 is 1.83 bits per heavy atom. The third kappa shape index (κ3) is 2.77. The monoisotopic (exact) mass is 311 g/mol. The molecule has 1 aliphatic rings. The van der Waals surface area contributed by atoms with Crippen molar-refractivity contribution in [3.8, 4) is 11.5 Å². The van der Waals surface area contributed by atoms with Crippen molar-refractivity contribution >= 4 is 11.6 Å². The summed E-state index contributed by atoms with van der Waals surface area (Å²) in [5, 5.41) is 3.03. The van der Waals surface area contributed by atoms with Gasteiger partial charge in [0.2, 0.25) is 5.91 Å². The number of rotatable bonds is 5.